The maximum atomic E-state index is 12.6. The molecule has 23 heavy (non-hydrogen) atoms. The summed E-state index contributed by atoms with van der Waals surface area (Å²) in [5.74, 6) is -0.248. The lowest BCUT2D eigenvalue weighted by molar-refractivity contribution is -0.137. The number of carbonyl (C=O) groups is 1. The Bertz CT molecular complexity index is 618. The van der Waals surface area contributed by atoms with Crippen molar-refractivity contribution in [3.05, 3.63) is 47.4 Å². The molecule has 1 aromatic carbocycles. The summed E-state index contributed by atoms with van der Waals surface area (Å²) in [5, 5.41) is 2.76. The highest BCUT2D eigenvalue weighted by Crippen LogP contribution is 2.48. The van der Waals surface area contributed by atoms with E-state index in [0.717, 1.165) is 30.5 Å². The van der Waals surface area contributed by atoms with Gasteiger partial charge in [-0.1, -0.05) is 12.1 Å². The molecular formula is C16H16F3NO3. The number of alkyl halides is 3. The van der Waals surface area contributed by atoms with Gasteiger partial charge >= 0.3 is 6.18 Å². The standard InChI is InChI=1S/C16H16F3NO3/c17-16(18,19)12-3-1-11(2-4-12)15(5-6-15)10-20-14(21)13-9-22-7-8-23-13/h1-4,9H,5-8,10H2,(H,20,21). The van der Waals surface area contributed by atoms with Gasteiger partial charge in [0.1, 0.15) is 19.5 Å². The van der Waals surface area contributed by atoms with E-state index in [4.69, 9.17) is 9.47 Å². The van der Waals surface area contributed by atoms with Gasteiger partial charge in [0.15, 0.2) is 0 Å². The summed E-state index contributed by atoms with van der Waals surface area (Å²) in [5.41, 5.74) is -0.143. The van der Waals surface area contributed by atoms with Gasteiger partial charge in [-0.05, 0) is 30.5 Å². The van der Waals surface area contributed by atoms with Crippen LogP contribution >= 0.6 is 0 Å². The average Bonchev–Trinajstić information content (AvgIpc) is 3.34. The Morgan fingerprint density at radius 3 is 2.39 bits per heavy atom. The van der Waals surface area contributed by atoms with Crippen molar-refractivity contribution < 1.29 is 27.4 Å². The van der Waals surface area contributed by atoms with Gasteiger partial charge in [0.05, 0.1) is 5.56 Å². The number of amides is 1. The van der Waals surface area contributed by atoms with Gasteiger partial charge < -0.3 is 14.8 Å². The first kappa shape index (κ1) is 15.7. The van der Waals surface area contributed by atoms with Crippen molar-refractivity contribution in [1.29, 1.82) is 0 Å². The van der Waals surface area contributed by atoms with Crippen molar-refractivity contribution in [2.45, 2.75) is 24.4 Å². The second-order valence-corrected chi connectivity index (χ2v) is 5.74. The highest BCUT2D eigenvalue weighted by atomic mass is 19.4. The van der Waals surface area contributed by atoms with Gasteiger partial charge in [-0.15, -0.1) is 0 Å². The minimum atomic E-state index is -4.34. The zero-order chi connectivity index (χ0) is 16.5. The van der Waals surface area contributed by atoms with Crippen molar-refractivity contribution in [3.8, 4) is 0 Å². The van der Waals surface area contributed by atoms with Crippen LogP contribution in [0.2, 0.25) is 0 Å². The summed E-state index contributed by atoms with van der Waals surface area (Å²) in [6, 6.07) is 5.14. The largest absolute Gasteiger partial charge is 0.494 e. The lowest BCUT2D eigenvalue weighted by Gasteiger charge is -2.19. The van der Waals surface area contributed by atoms with Gasteiger partial charge in [-0.3, -0.25) is 4.79 Å². The molecule has 1 amide bonds. The molecular weight excluding hydrogens is 311 g/mol. The first-order chi connectivity index (χ1) is 10.9. The van der Waals surface area contributed by atoms with Crippen LogP contribution in [0.3, 0.4) is 0 Å². The van der Waals surface area contributed by atoms with E-state index in [0.29, 0.717) is 19.8 Å². The summed E-state index contributed by atoms with van der Waals surface area (Å²) < 4.78 is 48.0. The molecule has 0 saturated heterocycles. The van der Waals surface area contributed by atoms with Crippen LogP contribution in [0.15, 0.2) is 36.3 Å². The van der Waals surface area contributed by atoms with Gasteiger partial charge in [0, 0.05) is 12.0 Å². The Hall–Kier alpha value is -2.18. The first-order valence-electron chi connectivity index (χ1n) is 7.31. The predicted octanol–water partition coefficient (Wildman–Crippen LogP) is 2.74. The molecule has 1 heterocycles. The summed E-state index contributed by atoms with van der Waals surface area (Å²) in [7, 11) is 0. The van der Waals surface area contributed by atoms with Crippen LogP contribution in [0.1, 0.15) is 24.0 Å². The topological polar surface area (TPSA) is 47.6 Å². The van der Waals surface area contributed by atoms with Gasteiger partial charge in [0.2, 0.25) is 5.76 Å². The number of benzene rings is 1. The highest BCUT2D eigenvalue weighted by molar-refractivity contribution is 5.91. The van der Waals surface area contributed by atoms with E-state index in [1.807, 2.05) is 0 Å². The lowest BCUT2D eigenvalue weighted by atomic mass is 9.95. The molecule has 0 aromatic heterocycles. The number of ether oxygens (including phenoxy) is 2. The molecule has 1 aromatic rings. The van der Waals surface area contributed by atoms with E-state index in [1.54, 1.807) is 0 Å². The Morgan fingerprint density at radius 1 is 1.17 bits per heavy atom. The zero-order valence-corrected chi connectivity index (χ0v) is 12.3. The van der Waals surface area contributed by atoms with Crippen LogP contribution in [-0.2, 0) is 25.9 Å². The fraction of sp³-hybridized carbons (Fsp3) is 0.438. The third kappa shape index (κ3) is 3.43. The van der Waals surface area contributed by atoms with Gasteiger partial charge in [-0.2, -0.15) is 13.2 Å². The number of hydrogen-bond acceptors (Lipinski definition) is 3. The fourth-order valence-electron chi connectivity index (χ4n) is 2.56. The second kappa shape index (κ2) is 5.79. The number of nitrogens with one attached hydrogen (secondary N) is 1. The smallest absolute Gasteiger partial charge is 0.416 e. The SMILES string of the molecule is O=C(NCC1(c2ccc(C(F)(F)F)cc2)CC1)C1=COCCO1. The van der Waals surface area contributed by atoms with E-state index < -0.39 is 11.7 Å². The van der Waals surface area contributed by atoms with Crippen molar-refractivity contribution in [1.82, 2.24) is 5.32 Å². The summed E-state index contributed by atoms with van der Waals surface area (Å²) in [4.78, 5) is 12.0. The summed E-state index contributed by atoms with van der Waals surface area (Å²) in [6.07, 6.45) is -1.41. The number of hydrogen-bond donors (Lipinski definition) is 1. The van der Waals surface area contributed by atoms with Crippen LogP contribution in [0, 0.1) is 0 Å². The van der Waals surface area contributed by atoms with Crippen LogP contribution in [0.4, 0.5) is 13.2 Å². The van der Waals surface area contributed by atoms with Gasteiger partial charge in [-0.25, -0.2) is 0 Å². The fourth-order valence-corrected chi connectivity index (χ4v) is 2.56. The molecule has 1 fully saturated rings. The van der Waals surface area contributed by atoms with Crippen LogP contribution in [0.25, 0.3) is 0 Å². The van der Waals surface area contributed by atoms with Crippen LogP contribution in [0.5, 0.6) is 0 Å². The summed E-state index contributed by atoms with van der Waals surface area (Å²) in [6.45, 7) is 1.09. The average molecular weight is 327 g/mol. The maximum Gasteiger partial charge on any atom is 0.416 e. The quantitative estimate of drug-likeness (QED) is 0.925. The number of halogens is 3. The third-order valence-corrected chi connectivity index (χ3v) is 4.14. The Kier molecular flexibility index (Phi) is 3.95. The third-order valence-electron chi connectivity index (χ3n) is 4.14. The molecule has 1 N–H and O–H groups in total. The second-order valence-electron chi connectivity index (χ2n) is 5.74. The van der Waals surface area contributed by atoms with Crippen molar-refractivity contribution in [3.63, 3.8) is 0 Å². The molecule has 2 aliphatic rings. The lowest BCUT2D eigenvalue weighted by Crippen LogP contribution is -2.34. The van der Waals surface area contributed by atoms with E-state index in [2.05, 4.69) is 5.32 Å². The molecule has 7 heteroatoms. The number of carbonyl (C=O) groups excluding carboxylic acids is 1. The maximum absolute atomic E-state index is 12.6. The van der Waals surface area contributed by atoms with Crippen LogP contribution < -0.4 is 5.32 Å². The van der Waals surface area contributed by atoms with E-state index in [9.17, 15) is 18.0 Å². The molecule has 3 rings (SSSR count). The normalized spacial score (nSPS) is 19.2. The van der Waals surface area contributed by atoms with E-state index in [1.165, 1.54) is 18.4 Å². The molecule has 124 valence electrons. The van der Waals surface area contributed by atoms with Crippen molar-refractivity contribution in [2.24, 2.45) is 0 Å². The molecule has 0 unspecified atom stereocenters. The molecule has 0 bridgehead atoms. The molecule has 0 atom stereocenters. The first-order valence-corrected chi connectivity index (χ1v) is 7.31. The molecule has 1 aliphatic heterocycles. The molecule has 1 aliphatic carbocycles. The Balaban J connectivity index is 1.63. The zero-order valence-electron chi connectivity index (χ0n) is 12.3. The predicted molar refractivity (Wildman–Crippen MR) is 75.4 cm³/mol. The van der Waals surface area contributed by atoms with E-state index in [-0.39, 0.29) is 17.1 Å². The Labute approximate surface area is 131 Å². The Morgan fingerprint density at radius 2 is 1.87 bits per heavy atom. The molecule has 0 spiro atoms. The number of rotatable bonds is 4. The molecule has 0 radical (unpaired) electrons. The monoisotopic (exact) mass is 327 g/mol. The van der Waals surface area contributed by atoms with Crippen molar-refractivity contribution in [2.75, 3.05) is 19.8 Å². The molecule has 1 saturated carbocycles. The molecule has 4 nitrogen and oxygen atoms in total. The van der Waals surface area contributed by atoms with Crippen molar-refractivity contribution >= 4 is 5.91 Å². The highest BCUT2D eigenvalue weighted by Gasteiger charge is 2.45. The van der Waals surface area contributed by atoms with Crippen LogP contribution in [-0.4, -0.2) is 25.7 Å². The van der Waals surface area contributed by atoms with E-state index >= 15 is 0 Å². The minimum Gasteiger partial charge on any atom is -0.494 e. The van der Waals surface area contributed by atoms with Gasteiger partial charge in [0.25, 0.3) is 5.91 Å². The minimum absolute atomic E-state index is 0.125. The summed E-state index contributed by atoms with van der Waals surface area (Å²) >= 11 is 0.